The molecular formula is C13H5Cl2F6N3O2S. The molecule has 0 fully saturated rings. The summed E-state index contributed by atoms with van der Waals surface area (Å²) in [7, 11) is 0. The number of nitriles is 1. The summed E-state index contributed by atoms with van der Waals surface area (Å²) >= 11 is 11.1. The first-order valence-corrected chi connectivity index (χ1v) is 8.07. The van der Waals surface area contributed by atoms with Crippen molar-refractivity contribution in [3.8, 4) is 17.5 Å². The Kier molecular flexibility index (Phi) is 6.10. The van der Waals surface area contributed by atoms with Gasteiger partial charge in [-0.25, -0.2) is 4.68 Å². The molecule has 146 valence electrons. The lowest BCUT2D eigenvalue weighted by atomic mass is 10.3. The molecule has 0 aliphatic heterocycles. The molecule has 0 radical (unpaired) electrons. The van der Waals surface area contributed by atoms with Gasteiger partial charge in [0, 0.05) is 12.1 Å². The van der Waals surface area contributed by atoms with Gasteiger partial charge in [0.2, 0.25) is 0 Å². The van der Waals surface area contributed by atoms with E-state index in [-0.39, 0.29) is 5.69 Å². The number of hydrogen-bond donors (Lipinski definition) is 1. The number of thioether (sulfide) groups is 1. The number of rotatable bonds is 4. The number of hydrogen-bond acceptors (Lipinski definition) is 5. The first-order valence-electron chi connectivity index (χ1n) is 6.50. The molecule has 1 aromatic heterocycles. The van der Waals surface area contributed by atoms with E-state index in [1.54, 1.807) is 0 Å². The van der Waals surface area contributed by atoms with Gasteiger partial charge in [-0.1, -0.05) is 23.2 Å². The standard InChI is InChI=1S/C13H5Cl2F6N3O2S/c14-6-1-5(26-12(16,17)18)2-7(15)10(6)24-9(4-25)11(8(3-22)23-24)27-13(19,20)21/h1-2,25H,4H2. The van der Waals surface area contributed by atoms with Crippen LogP contribution < -0.4 is 4.74 Å². The molecule has 0 saturated heterocycles. The van der Waals surface area contributed by atoms with Crippen LogP contribution in [0.1, 0.15) is 11.4 Å². The number of aliphatic hydroxyl groups excluding tert-OH is 1. The van der Waals surface area contributed by atoms with E-state index in [1.807, 2.05) is 0 Å². The fourth-order valence-corrected chi connectivity index (χ4v) is 3.31. The molecule has 0 aliphatic rings. The molecule has 1 aromatic carbocycles. The van der Waals surface area contributed by atoms with Gasteiger partial charge in [0.05, 0.1) is 27.2 Å². The summed E-state index contributed by atoms with van der Waals surface area (Å²) in [4.78, 5) is -0.685. The number of benzene rings is 1. The average Bonchev–Trinajstić information content (AvgIpc) is 2.80. The average molecular weight is 452 g/mol. The number of aliphatic hydroxyl groups is 1. The quantitative estimate of drug-likeness (QED) is 0.519. The van der Waals surface area contributed by atoms with E-state index in [9.17, 15) is 31.4 Å². The maximum Gasteiger partial charge on any atom is 0.573 e. The summed E-state index contributed by atoms with van der Waals surface area (Å²) in [6, 6.07) is 2.86. The summed E-state index contributed by atoms with van der Waals surface area (Å²) in [6.07, 6.45) is -5.03. The molecule has 0 saturated carbocycles. The van der Waals surface area contributed by atoms with Crippen molar-refractivity contribution in [2.45, 2.75) is 23.4 Å². The molecule has 2 aromatic rings. The van der Waals surface area contributed by atoms with E-state index in [0.717, 1.165) is 0 Å². The Morgan fingerprint density at radius 1 is 1.19 bits per heavy atom. The number of alkyl halides is 6. The highest BCUT2D eigenvalue weighted by Gasteiger charge is 2.35. The minimum absolute atomic E-state index is 0.331. The van der Waals surface area contributed by atoms with Crippen LogP contribution in [-0.4, -0.2) is 26.8 Å². The second kappa shape index (κ2) is 7.67. The normalized spacial score (nSPS) is 12.1. The molecule has 0 spiro atoms. The van der Waals surface area contributed by atoms with Crippen molar-refractivity contribution < 1.29 is 36.2 Å². The van der Waals surface area contributed by atoms with Gasteiger partial charge in [-0.2, -0.15) is 23.5 Å². The van der Waals surface area contributed by atoms with E-state index in [1.165, 1.54) is 6.07 Å². The van der Waals surface area contributed by atoms with Crippen molar-refractivity contribution in [3.05, 3.63) is 33.6 Å². The van der Waals surface area contributed by atoms with Crippen molar-refractivity contribution in [2.75, 3.05) is 0 Å². The molecule has 0 amide bonds. The monoisotopic (exact) mass is 451 g/mol. The molecule has 0 aliphatic carbocycles. The lowest BCUT2D eigenvalue weighted by molar-refractivity contribution is -0.274. The second-order valence-corrected chi connectivity index (χ2v) is 6.53. The molecule has 14 heteroatoms. The van der Waals surface area contributed by atoms with Crippen molar-refractivity contribution in [1.82, 2.24) is 9.78 Å². The highest BCUT2D eigenvalue weighted by atomic mass is 35.5. The first-order chi connectivity index (χ1) is 12.4. The zero-order valence-corrected chi connectivity index (χ0v) is 14.8. The van der Waals surface area contributed by atoms with Crippen LogP contribution in [0, 0.1) is 11.3 Å². The molecule has 2 rings (SSSR count). The van der Waals surface area contributed by atoms with Crippen LogP contribution in [0.15, 0.2) is 17.0 Å². The molecule has 27 heavy (non-hydrogen) atoms. The van der Waals surface area contributed by atoms with E-state index in [4.69, 9.17) is 28.5 Å². The first kappa shape index (κ1) is 21.5. The molecule has 5 nitrogen and oxygen atoms in total. The summed E-state index contributed by atoms with van der Waals surface area (Å²) < 4.78 is 79.4. The Hall–Kier alpha value is -1.81. The topological polar surface area (TPSA) is 71.1 Å². The molecular weight excluding hydrogens is 447 g/mol. The summed E-state index contributed by atoms with van der Waals surface area (Å²) in [5.41, 5.74) is -6.27. The summed E-state index contributed by atoms with van der Waals surface area (Å²) in [6.45, 7) is -0.986. The zero-order chi connectivity index (χ0) is 20.6. The van der Waals surface area contributed by atoms with Crippen LogP contribution in [0.5, 0.6) is 5.75 Å². The minimum Gasteiger partial charge on any atom is -0.406 e. The van der Waals surface area contributed by atoms with Gasteiger partial charge < -0.3 is 9.84 Å². The maximum atomic E-state index is 12.7. The van der Waals surface area contributed by atoms with Gasteiger partial charge in [0.1, 0.15) is 17.5 Å². The van der Waals surface area contributed by atoms with Crippen molar-refractivity contribution in [2.24, 2.45) is 0 Å². The number of ether oxygens (including phenoxy) is 1. The van der Waals surface area contributed by atoms with Gasteiger partial charge in [-0.3, -0.25) is 0 Å². The Morgan fingerprint density at radius 2 is 1.74 bits per heavy atom. The Balaban J connectivity index is 2.64. The van der Waals surface area contributed by atoms with Gasteiger partial charge >= 0.3 is 11.9 Å². The summed E-state index contributed by atoms with van der Waals surface area (Å²) in [5.74, 6) is -0.774. The number of halogens is 8. The molecule has 0 unspecified atom stereocenters. The number of aromatic nitrogens is 2. The Bertz CT molecular complexity index is 884. The maximum absolute atomic E-state index is 12.7. The third kappa shape index (κ3) is 5.13. The highest BCUT2D eigenvalue weighted by Crippen LogP contribution is 2.43. The smallest absolute Gasteiger partial charge is 0.406 e. The van der Waals surface area contributed by atoms with E-state index in [0.29, 0.717) is 16.8 Å². The molecule has 1 heterocycles. The third-order valence-corrected chi connectivity index (χ3v) is 4.28. The van der Waals surface area contributed by atoms with E-state index >= 15 is 0 Å². The lowest BCUT2D eigenvalue weighted by Crippen LogP contribution is -2.17. The molecule has 1 N–H and O–H groups in total. The van der Waals surface area contributed by atoms with Crippen LogP contribution in [0.4, 0.5) is 26.3 Å². The lowest BCUT2D eigenvalue weighted by Gasteiger charge is -2.14. The van der Waals surface area contributed by atoms with Crippen molar-refractivity contribution in [3.63, 3.8) is 0 Å². The highest BCUT2D eigenvalue weighted by molar-refractivity contribution is 8.00. The minimum atomic E-state index is -5.03. The van der Waals surface area contributed by atoms with Crippen molar-refractivity contribution >= 4 is 35.0 Å². The fourth-order valence-electron chi connectivity index (χ4n) is 2.00. The van der Waals surface area contributed by atoms with Crippen LogP contribution in [-0.2, 0) is 6.61 Å². The fraction of sp³-hybridized carbons (Fsp3) is 0.231. The van der Waals surface area contributed by atoms with E-state index in [2.05, 4.69) is 9.84 Å². The van der Waals surface area contributed by atoms with Gasteiger partial charge in [-0.05, 0) is 11.8 Å². The van der Waals surface area contributed by atoms with Crippen molar-refractivity contribution in [1.29, 1.82) is 5.26 Å². The largest absolute Gasteiger partial charge is 0.573 e. The third-order valence-electron chi connectivity index (χ3n) is 2.84. The molecule has 0 bridgehead atoms. The zero-order valence-electron chi connectivity index (χ0n) is 12.5. The van der Waals surface area contributed by atoms with Gasteiger partial charge in [0.25, 0.3) is 0 Å². The predicted molar refractivity (Wildman–Crippen MR) is 82.8 cm³/mol. The van der Waals surface area contributed by atoms with Gasteiger partial charge in [0.15, 0.2) is 5.69 Å². The van der Waals surface area contributed by atoms with Crippen LogP contribution in [0.2, 0.25) is 10.0 Å². The van der Waals surface area contributed by atoms with Crippen LogP contribution in [0.3, 0.4) is 0 Å². The van der Waals surface area contributed by atoms with E-state index < -0.39 is 62.3 Å². The SMILES string of the molecule is N#Cc1nn(-c2c(Cl)cc(OC(F)(F)F)cc2Cl)c(CO)c1SC(F)(F)F. The Labute approximate surface area is 161 Å². The van der Waals surface area contributed by atoms with Gasteiger partial charge in [-0.15, -0.1) is 13.2 Å². The second-order valence-electron chi connectivity index (χ2n) is 4.64. The van der Waals surface area contributed by atoms with Crippen LogP contribution in [0.25, 0.3) is 5.69 Å². The number of nitrogens with zero attached hydrogens (tertiary/aromatic N) is 3. The Morgan fingerprint density at radius 3 is 2.15 bits per heavy atom. The predicted octanol–water partition coefficient (Wildman–Crippen LogP) is 5.05. The molecule has 0 atom stereocenters. The summed E-state index contributed by atoms with van der Waals surface area (Å²) in [5, 5.41) is 21.1. The van der Waals surface area contributed by atoms with Crippen LogP contribution >= 0.6 is 35.0 Å².